The molecule has 6 nitrogen and oxygen atoms in total. The molecule has 0 aliphatic carbocycles. The highest BCUT2D eigenvalue weighted by atomic mass is 16.2. The molecule has 1 aliphatic heterocycles. The second-order valence-electron chi connectivity index (χ2n) is 8.40. The molecule has 0 radical (unpaired) electrons. The van der Waals surface area contributed by atoms with Crippen LogP contribution < -0.4 is 0 Å². The molecule has 3 aromatic heterocycles. The number of hydrogen-bond donors (Lipinski definition) is 0. The van der Waals surface area contributed by atoms with Gasteiger partial charge in [0.15, 0.2) is 5.82 Å². The number of amides is 1. The summed E-state index contributed by atoms with van der Waals surface area (Å²) in [5.41, 5.74) is 5.92. The Morgan fingerprint density at radius 2 is 1.58 bits per heavy atom. The quantitative estimate of drug-likeness (QED) is 0.455. The van der Waals surface area contributed by atoms with E-state index in [0.717, 1.165) is 46.4 Å². The summed E-state index contributed by atoms with van der Waals surface area (Å²) in [6, 6.07) is 15.6. The first-order valence-electron chi connectivity index (χ1n) is 11.2. The first kappa shape index (κ1) is 20.9. The molecule has 6 heteroatoms. The highest BCUT2D eigenvalue weighted by Crippen LogP contribution is 2.35. The molecule has 1 aromatic carbocycles. The van der Waals surface area contributed by atoms with Crippen molar-refractivity contribution in [1.29, 1.82) is 0 Å². The Labute approximate surface area is 193 Å². The van der Waals surface area contributed by atoms with Crippen LogP contribution in [0, 0.1) is 6.92 Å². The number of nitrogens with zero attached hydrogens (tertiary/aromatic N) is 5. The number of piperidine rings is 1. The lowest BCUT2D eigenvalue weighted by atomic mass is 9.88. The Bertz CT molecular complexity index is 1250. The van der Waals surface area contributed by atoms with Gasteiger partial charge in [-0.05, 0) is 61.7 Å². The Balaban J connectivity index is 1.42. The summed E-state index contributed by atoms with van der Waals surface area (Å²) in [5.74, 6) is 1.05. The number of carbonyl (C=O) groups excluding carboxylic acids is 1. The molecule has 1 saturated heterocycles. The minimum atomic E-state index is 0.103. The molecule has 5 rings (SSSR count). The van der Waals surface area contributed by atoms with Crippen molar-refractivity contribution in [2.45, 2.75) is 25.7 Å². The first-order chi connectivity index (χ1) is 16.2. The monoisotopic (exact) mass is 435 g/mol. The second-order valence-corrected chi connectivity index (χ2v) is 8.40. The smallest absolute Gasteiger partial charge is 0.253 e. The van der Waals surface area contributed by atoms with Gasteiger partial charge in [-0.3, -0.25) is 14.8 Å². The lowest BCUT2D eigenvalue weighted by Crippen LogP contribution is -2.38. The summed E-state index contributed by atoms with van der Waals surface area (Å²) in [6.07, 6.45) is 10.7. The molecule has 164 valence electrons. The van der Waals surface area contributed by atoms with Gasteiger partial charge < -0.3 is 4.90 Å². The Morgan fingerprint density at radius 1 is 0.909 bits per heavy atom. The van der Waals surface area contributed by atoms with E-state index >= 15 is 0 Å². The molecule has 4 heterocycles. The molecule has 1 aliphatic rings. The standard InChI is InChI=1S/C27H25N5O/c1-19-3-2-4-23(17-19)27(33)32-15-9-21(10-16-32)25-24(20-5-11-28-12-6-20)18-30-26(31-25)22-7-13-29-14-8-22/h2-8,11-14,17-18,21H,9-10,15-16H2,1H3. The third-order valence-electron chi connectivity index (χ3n) is 6.18. The largest absolute Gasteiger partial charge is 0.339 e. The molecule has 0 unspecified atom stereocenters. The van der Waals surface area contributed by atoms with Crippen LogP contribution in [0.1, 0.15) is 40.4 Å². The lowest BCUT2D eigenvalue weighted by Gasteiger charge is -2.32. The highest BCUT2D eigenvalue weighted by Gasteiger charge is 2.28. The Morgan fingerprint density at radius 3 is 2.24 bits per heavy atom. The number of rotatable bonds is 4. The van der Waals surface area contributed by atoms with Crippen LogP contribution in [0.15, 0.2) is 79.5 Å². The van der Waals surface area contributed by atoms with Crippen LogP contribution in [0.5, 0.6) is 0 Å². The summed E-state index contributed by atoms with van der Waals surface area (Å²) in [6.45, 7) is 3.43. The fraction of sp³-hybridized carbons (Fsp3) is 0.222. The molecule has 0 N–H and O–H groups in total. The van der Waals surface area contributed by atoms with Crippen molar-refractivity contribution in [1.82, 2.24) is 24.8 Å². The normalized spacial score (nSPS) is 14.3. The molecule has 0 atom stereocenters. The topological polar surface area (TPSA) is 71.9 Å². The van der Waals surface area contributed by atoms with Gasteiger partial charge in [-0.2, -0.15) is 0 Å². The van der Waals surface area contributed by atoms with Crippen LogP contribution in [-0.4, -0.2) is 43.8 Å². The van der Waals surface area contributed by atoms with Crippen LogP contribution in [-0.2, 0) is 0 Å². The third-order valence-corrected chi connectivity index (χ3v) is 6.18. The van der Waals surface area contributed by atoms with E-state index in [9.17, 15) is 4.79 Å². The van der Waals surface area contributed by atoms with Crippen molar-refractivity contribution in [3.05, 3.63) is 96.3 Å². The third kappa shape index (κ3) is 4.51. The number of benzene rings is 1. The summed E-state index contributed by atoms with van der Waals surface area (Å²) < 4.78 is 0. The van der Waals surface area contributed by atoms with Crippen LogP contribution in [0.25, 0.3) is 22.5 Å². The minimum absolute atomic E-state index is 0.103. The van der Waals surface area contributed by atoms with Gasteiger partial charge in [0.05, 0.1) is 5.69 Å². The number of carbonyl (C=O) groups is 1. The molecule has 1 fully saturated rings. The zero-order valence-electron chi connectivity index (χ0n) is 18.6. The van der Waals surface area contributed by atoms with Gasteiger partial charge in [-0.25, -0.2) is 9.97 Å². The maximum Gasteiger partial charge on any atom is 0.253 e. The van der Waals surface area contributed by atoms with Gasteiger partial charge in [0.1, 0.15) is 0 Å². The predicted octanol–water partition coefficient (Wildman–Crippen LogP) is 4.93. The van der Waals surface area contributed by atoms with Crippen molar-refractivity contribution in [2.75, 3.05) is 13.1 Å². The van der Waals surface area contributed by atoms with Gasteiger partial charge >= 0.3 is 0 Å². The number of hydrogen-bond acceptors (Lipinski definition) is 5. The van der Waals surface area contributed by atoms with Crippen molar-refractivity contribution < 1.29 is 4.79 Å². The van der Waals surface area contributed by atoms with E-state index < -0.39 is 0 Å². The summed E-state index contributed by atoms with van der Waals surface area (Å²) in [5, 5.41) is 0. The van der Waals surface area contributed by atoms with Crippen molar-refractivity contribution >= 4 is 5.91 Å². The Kier molecular flexibility index (Phi) is 5.89. The molecule has 1 amide bonds. The van der Waals surface area contributed by atoms with E-state index in [1.54, 1.807) is 24.8 Å². The minimum Gasteiger partial charge on any atom is -0.339 e. The zero-order chi connectivity index (χ0) is 22.6. The van der Waals surface area contributed by atoms with Crippen LogP contribution in [0.4, 0.5) is 0 Å². The van der Waals surface area contributed by atoms with E-state index in [1.807, 2.05) is 66.6 Å². The fourth-order valence-corrected chi connectivity index (χ4v) is 4.42. The van der Waals surface area contributed by atoms with E-state index in [1.165, 1.54) is 0 Å². The van der Waals surface area contributed by atoms with E-state index in [2.05, 4.69) is 15.0 Å². The predicted molar refractivity (Wildman–Crippen MR) is 128 cm³/mol. The summed E-state index contributed by atoms with van der Waals surface area (Å²) in [4.78, 5) is 32.9. The number of aryl methyl sites for hydroxylation is 1. The highest BCUT2D eigenvalue weighted by molar-refractivity contribution is 5.94. The van der Waals surface area contributed by atoms with E-state index in [-0.39, 0.29) is 11.8 Å². The van der Waals surface area contributed by atoms with Gasteiger partial charge in [0.2, 0.25) is 0 Å². The van der Waals surface area contributed by atoms with Gasteiger partial charge in [-0.1, -0.05) is 17.7 Å². The molecular weight excluding hydrogens is 410 g/mol. The second kappa shape index (κ2) is 9.28. The number of aromatic nitrogens is 4. The summed E-state index contributed by atoms with van der Waals surface area (Å²) >= 11 is 0. The number of pyridine rings is 2. The fourth-order valence-electron chi connectivity index (χ4n) is 4.42. The van der Waals surface area contributed by atoms with Crippen LogP contribution >= 0.6 is 0 Å². The van der Waals surface area contributed by atoms with Gasteiger partial charge in [0, 0.05) is 66.7 Å². The molecule has 4 aromatic rings. The average Bonchev–Trinajstić information content (AvgIpc) is 2.89. The zero-order valence-corrected chi connectivity index (χ0v) is 18.6. The molecule has 0 saturated carbocycles. The van der Waals surface area contributed by atoms with Crippen LogP contribution in [0.3, 0.4) is 0 Å². The lowest BCUT2D eigenvalue weighted by molar-refractivity contribution is 0.0712. The maximum atomic E-state index is 13.0. The molecule has 33 heavy (non-hydrogen) atoms. The van der Waals surface area contributed by atoms with Gasteiger partial charge in [-0.15, -0.1) is 0 Å². The molecule has 0 bridgehead atoms. The van der Waals surface area contributed by atoms with E-state index in [0.29, 0.717) is 18.9 Å². The first-order valence-corrected chi connectivity index (χ1v) is 11.2. The van der Waals surface area contributed by atoms with Crippen molar-refractivity contribution in [3.8, 4) is 22.5 Å². The van der Waals surface area contributed by atoms with Crippen molar-refractivity contribution in [2.24, 2.45) is 0 Å². The van der Waals surface area contributed by atoms with E-state index in [4.69, 9.17) is 4.98 Å². The summed E-state index contributed by atoms with van der Waals surface area (Å²) in [7, 11) is 0. The average molecular weight is 436 g/mol. The van der Waals surface area contributed by atoms with Gasteiger partial charge in [0.25, 0.3) is 5.91 Å². The Hall–Kier alpha value is -3.93. The van der Waals surface area contributed by atoms with Crippen LogP contribution in [0.2, 0.25) is 0 Å². The molecular formula is C27H25N5O. The SMILES string of the molecule is Cc1cccc(C(=O)N2CCC(c3nc(-c4ccncc4)ncc3-c3ccncc3)CC2)c1. The number of likely N-dealkylation sites (tertiary alicyclic amines) is 1. The molecule has 0 spiro atoms. The van der Waals surface area contributed by atoms with Crippen molar-refractivity contribution in [3.63, 3.8) is 0 Å². The maximum absolute atomic E-state index is 13.0.